The first kappa shape index (κ1) is 13.1. The molecule has 0 saturated carbocycles. The topological polar surface area (TPSA) is 64.4 Å². The molecule has 100 valence electrons. The van der Waals surface area contributed by atoms with Crippen LogP contribution in [0.1, 0.15) is 27.4 Å². The van der Waals surface area contributed by atoms with Gasteiger partial charge in [0.2, 0.25) is 0 Å². The molecule has 2 rings (SSSR count). The number of nitrogens with zero attached hydrogens (tertiary/aromatic N) is 1. The Morgan fingerprint density at radius 2 is 2.11 bits per heavy atom. The van der Waals surface area contributed by atoms with Crippen molar-refractivity contribution in [1.82, 2.24) is 10.5 Å². The number of hydrogen-bond donors (Lipinski definition) is 1. The summed E-state index contributed by atoms with van der Waals surface area (Å²) in [6, 6.07) is 7.56. The Morgan fingerprint density at radius 1 is 1.37 bits per heavy atom. The van der Waals surface area contributed by atoms with Crippen molar-refractivity contribution >= 4 is 5.91 Å². The van der Waals surface area contributed by atoms with Crippen LogP contribution in [-0.2, 0) is 6.54 Å². The number of ether oxygens (including phenoxy) is 1. The Labute approximate surface area is 111 Å². The molecule has 1 N–H and O–H groups in total. The number of benzene rings is 1. The summed E-state index contributed by atoms with van der Waals surface area (Å²) in [5, 5.41) is 6.60. The van der Waals surface area contributed by atoms with Gasteiger partial charge in [0.05, 0.1) is 12.8 Å². The van der Waals surface area contributed by atoms with Gasteiger partial charge in [0.15, 0.2) is 0 Å². The number of para-hydroxylation sites is 1. The van der Waals surface area contributed by atoms with Crippen molar-refractivity contribution < 1.29 is 14.1 Å². The summed E-state index contributed by atoms with van der Waals surface area (Å²) in [5.74, 6) is 1.08. The largest absolute Gasteiger partial charge is 0.496 e. The van der Waals surface area contributed by atoms with Gasteiger partial charge in [0.1, 0.15) is 17.1 Å². The lowest BCUT2D eigenvalue weighted by Gasteiger charge is -2.09. The smallest absolute Gasteiger partial charge is 0.257 e. The zero-order valence-electron chi connectivity index (χ0n) is 11.2. The number of carbonyl (C=O) groups is 1. The van der Waals surface area contributed by atoms with Gasteiger partial charge in [0, 0.05) is 12.1 Å². The summed E-state index contributed by atoms with van der Waals surface area (Å²) < 4.78 is 10.2. The maximum absolute atomic E-state index is 12.1. The fourth-order valence-corrected chi connectivity index (χ4v) is 1.92. The summed E-state index contributed by atoms with van der Waals surface area (Å²) in [7, 11) is 1.61. The molecule has 1 aromatic carbocycles. The number of aryl methyl sites for hydroxylation is 2. The summed E-state index contributed by atoms with van der Waals surface area (Å²) in [6.45, 7) is 3.86. The number of amides is 1. The summed E-state index contributed by atoms with van der Waals surface area (Å²) >= 11 is 0. The van der Waals surface area contributed by atoms with E-state index in [-0.39, 0.29) is 5.91 Å². The van der Waals surface area contributed by atoms with E-state index in [0.29, 0.717) is 23.6 Å². The lowest BCUT2D eigenvalue weighted by atomic mass is 10.1. The van der Waals surface area contributed by atoms with Gasteiger partial charge in [-0.2, -0.15) is 0 Å². The SMILES string of the molecule is COc1ccccc1CNC(=O)c1c(C)noc1C. The minimum Gasteiger partial charge on any atom is -0.496 e. The van der Waals surface area contributed by atoms with Crippen molar-refractivity contribution in [3.8, 4) is 5.75 Å². The first-order chi connectivity index (χ1) is 9.13. The van der Waals surface area contributed by atoms with Crippen LogP contribution in [-0.4, -0.2) is 18.2 Å². The van der Waals surface area contributed by atoms with Crippen molar-refractivity contribution in [3.05, 3.63) is 46.8 Å². The zero-order chi connectivity index (χ0) is 13.8. The van der Waals surface area contributed by atoms with Crippen LogP contribution in [0, 0.1) is 13.8 Å². The van der Waals surface area contributed by atoms with Gasteiger partial charge in [-0.05, 0) is 19.9 Å². The monoisotopic (exact) mass is 260 g/mol. The fourth-order valence-electron chi connectivity index (χ4n) is 1.92. The number of carbonyl (C=O) groups excluding carboxylic acids is 1. The standard InChI is InChI=1S/C14H16N2O3/c1-9-13(10(2)19-16-9)14(17)15-8-11-6-4-5-7-12(11)18-3/h4-7H,8H2,1-3H3,(H,15,17). The van der Waals surface area contributed by atoms with Gasteiger partial charge in [-0.3, -0.25) is 4.79 Å². The third-order valence-corrected chi connectivity index (χ3v) is 2.89. The highest BCUT2D eigenvalue weighted by atomic mass is 16.5. The molecule has 2 aromatic rings. The highest BCUT2D eigenvalue weighted by Gasteiger charge is 2.17. The number of aromatic nitrogens is 1. The second-order valence-electron chi connectivity index (χ2n) is 4.19. The van der Waals surface area contributed by atoms with E-state index in [9.17, 15) is 4.79 Å². The van der Waals surface area contributed by atoms with E-state index in [1.807, 2.05) is 24.3 Å². The van der Waals surface area contributed by atoms with Crippen LogP contribution < -0.4 is 10.1 Å². The molecule has 0 aliphatic carbocycles. The Hall–Kier alpha value is -2.30. The number of nitrogens with one attached hydrogen (secondary N) is 1. The molecule has 0 aliphatic heterocycles. The second-order valence-corrected chi connectivity index (χ2v) is 4.19. The van der Waals surface area contributed by atoms with Gasteiger partial charge < -0.3 is 14.6 Å². The Balaban J connectivity index is 2.09. The van der Waals surface area contributed by atoms with E-state index in [1.54, 1.807) is 21.0 Å². The molecular formula is C14H16N2O3. The predicted molar refractivity (Wildman–Crippen MR) is 70.1 cm³/mol. The average Bonchev–Trinajstić information content (AvgIpc) is 2.76. The summed E-state index contributed by atoms with van der Waals surface area (Å²) in [6.07, 6.45) is 0. The third-order valence-electron chi connectivity index (χ3n) is 2.89. The highest BCUT2D eigenvalue weighted by Crippen LogP contribution is 2.17. The maximum Gasteiger partial charge on any atom is 0.257 e. The molecule has 0 unspecified atom stereocenters. The van der Waals surface area contributed by atoms with Gasteiger partial charge in [-0.25, -0.2) is 0 Å². The van der Waals surface area contributed by atoms with E-state index in [0.717, 1.165) is 11.3 Å². The number of methoxy groups -OCH3 is 1. The molecule has 0 aliphatic rings. The van der Waals surface area contributed by atoms with Crippen molar-refractivity contribution in [1.29, 1.82) is 0 Å². The van der Waals surface area contributed by atoms with Crippen molar-refractivity contribution in [2.45, 2.75) is 20.4 Å². The summed E-state index contributed by atoms with van der Waals surface area (Å²) in [5.41, 5.74) is 2.01. The van der Waals surface area contributed by atoms with Crippen LogP contribution in [0.5, 0.6) is 5.75 Å². The van der Waals surface area contributed by atoms with Gasteiger partial charge in [-0.15, -0.1) is 0 Å². The van der Waals surface area contributed by atoms with E-state index >= 15 is 0 Å². The Morgan fingerprint density at radius 3 is 2.74 bits per heavy atom. The first-order valence-corrected chi connectivity index (χ1v) is 5.96. The molecule has 1 heterocycles. The molecule has 1 aromatic heterocycles. The van der Waals surface area contributed by atoms with Crippen LogP contribution >= 0.6 is 0 Å². The molecular weight excluding hydrogens is 244 g/mol. The van der Waals surface area contributed by atoms with E-state index < -0.39 is 0 Å². The Kier molecular flexibility index (Phi) is 3.85. The van der Waals surface area contributed by atoms with Gasteiger partial charge >= 0.3 is 0 Å². The molecule has 0 fully saturated rings. The molecule has 0 radical (unpaired) electrons. The minimum atomic E-state index is -0.192. The number of rotatable bonds is 4. The van der Waals surface area contributed by atoms with E-state index in [4.69, 9.17) is 9.26 Å². The minimum absolute atomic E-state index is 0.192. The van der Waals surface area contributed by atoms with Crippen molar-refractivity contribution in [2.24, 2.45) is 0 Å². The second kappa shape index (κ2) is 5.56. The number of hydrogen-bond acceptors (Lipinski definition) is 4. The van der Waals surface area contributed by atoms with Crippen LogP contribution in [0.15, 0.2) is 28.8 Å². The maximum atomic E-state index is 12.1. The molecule has 1 amide bonds. The van der Waals surface area contributed by atoms with Gasteiger partial charge in [0.25, 0.3) is 5.91 Å². The normalized spacial score (nSPS) is 10.3. The van der Waals surface area contributed by atoms with Crippen LogP contribution in [0.4, 0.5) is 0 Å². The van der Waals surface area contributed by atoms with Crippen molar-refractivity contribution in [2.75, 3.05) is 7.11 Å². The average molecular weight is 260 g/mol. The van der Waals surface area contributed by atoms with Crippen molar-refractivity contribution in [3.63, 3.8) is 0 Å². The zero-order valence-corrected chi connectivity index (χ0v) is 11.2. The third kappa shape index (κ3) is 2.76. The van der Waals surface area contributed by atoms with Crippen LogP contribution in [0.2, 0.25) is 0 Å². The molecule has 0 bridgehead atoms. The highest BCUT2D eigenvalue weighted by molar-refractivity contribution is 5.96. The lowest BCUT2D eigenvalue weighted by molar-refractivity contribution is 0.0948. The fraction of sp³-hybridized carbons (Fsp3) is 0.286. The van der Waals surface area contributed by atoms with Gasteiger partial charge in [-0.1, -0.05) is 23.4 Å². The first-order valence-electron chi connectivity index (χ1n) is 5.96. The molecule has 5 heteroatoms. The molecule has 0 spiro atoms. The predicted octanol–water partition coefficient (Wildman–Crippen LogP) is 2.23. The molecule has 0 atom stereocenters. The van der Waals surface area contributed by atoms with Crippen LogP contribution in [0.25, 0.3) is 0 Å². The molecule has 5 nitrogen and oxygen atoms in total. The van der Waals surface area contributed by atoms with E-state index in [2.05, 4.69) is 10.5 Å². The molecule has 0 saturated heterocycles. The Bertz CT molecular complexity index is 571. The quantitative estimate of drug-likeness (QED) is 0.915. The van der Waals surface area contributed by atoms with Crippen LogP contribution in [0.3, 0.4) is 0 Å². The lowest BCUT2D eigenvalue weighted by Crippen LogP contribution is -2.24. The molecule has 19 heavy (non-hydrogen) atoms. The summed E-state index contributed by atoms with van der Waals surface area (Å²) in [4.78, 5) is 12.1. The van der Waals surface area contributed by atoms with E-state index in [1.165, 1.54) is 0 Å².